The molecule has 0 atom stereocenters. The third-order valence-electron chi connectivity index (χ3n) is 2.15. The maximum Gasteiger partial charge on any atom is 0.206 e. The van der Waals surface area contributed by atoms with Gasteiger partial charge >= 0.3 is 0 Å². The van der Waals surface area contributed by atoms with Crippen LogP contribution in [0.4, 0.5) is 0 Å². The lowest BCUT2D eigenvalue weighted by Crippen LogP contribution is -3.00. The van der Waals surface area contributed by atoms with Gasteiger partial charge in [0.25, 0.3) is 0 Å². The SMILES string of the molecule is O=C(C[n+]1ccccc1)C1CC1.[Br-]. The van der Waals surface area contributed by atoms with Gasteiger partial charge in [0, 0.05) is 18.1 Å². The van der Waals surface area contributed by atoms with Crippen molar-refractivity contribution in [3.05, 3.63) is 30.6 Å². The summed E-state index contributed by atoms with van der Waals surface area (Å²) < 4.78 is 1.93. The second kappa shape index (κ2) is 4.51. The molecule has 3 heteroatoms. The van der Waals surface area contributed by atoms with Crippen molar-refractivity contribution in [2.45, 2.75) is 19.4 Å². The Morgan fingerprint density at radius 1 is 1.23 bits per heavy atom. The molecule has 70 valence electrons. The summed E-state index contributed by atoms with van der Waals surface area (Å²) >= 11 is 0. The molecule has 1 saturated carbocycles. The molecule has 0 aromatic carbocycles. The highest BCUT2D eigenvalue weighted by atomic mass is 79.9. The molecule has 0 spiro atoms. The van der Waals surface area contributed by atoms with Gasteiger partial charge in [-0.25, -0.2) is 0 Å². The quantitative estimate of drug-likeness (QED) is 0.559. The van der Waals surface area contributed by atoms with Crippen molar-refractivity contribution in [3.63, 3.8) is 0 Å². The summed E-state index contributed by atoms with van der Waals surface area (Å²) in [5.41, 5.74) is 0. The van der Waals surface area contributed by atoms with Gasteiger partial charge in [0.15, 0.2) is 18.2 Å². The molecule has 2 nitrogen and oxygen atoms in total. The van der Waals surface area contributed by atoms with Crippen LogP contribution in [0.25, 0.3) is 0 Å². The Hall–Kier alpha value is -0.700. The summed E-state index contributed by atoms with van der Waals surface area (Å²) in [5.74, 6) is 0.754. The second-order valence-corrected chi connectivity index (χ2v) is 3.29. The average Bonchev–Trinajstić information content (AvgIpc) is 2.88. The van der Waals surface area contributed by atoms with Crippen LogP contribution in [0.1, 0.15) is 12.8 Å². The predicted octanol–water partition coefficient (Wildman–Crippen LogP) is -2.04. The van der Waals surface area contributed by atoms with Crippen molar-refractivity contribution in [1.82, 2.24) is 0 Å². The first-order chi connectivity index (χ1) is 5.86. The number of nitrogens with zero attached hydrogens (tertiary/aromatic N) is 1. The van der Waals surface area contributed by atoms with Crippen LogP contribution in [0.2, 0.25) is 0 Å². The van der Waals surface area contributed by atoms with Gasteiger partial charge in [-0.3, -0.25) is 4.79 Å². The number of pyridine rings is 1. The van der Waals surface area contributed by atoms with Crippen molar-refractivity contribution in [2.24, 2.45) is 5.92 Å². The minimum atomic E-state index is 0. The minimum absolute atomic E-state index is 0. The molecule has 1 fully saturated rings. The Morgan fingerprint density at radius 3 is 2.38 bits per heavy atom. The Morgan fingerprint density at radius 2 is 1.85 bits per heavy atom. The van der Waals surface area contributed by atoms with E-state index in [1.807, 2.05) is 35.2 Å². The molecule has 1 aliphatic rings. The van der Waals surface area contributed by atoms with E-state index in [-0.39, 0.29) is 17.0 Å². The molecule has 0 bridgehead atoms. The average molecular weight is 242 g/mol. The molecule has 1 aromatic heterocycles. The fourth-order valence-corrected chi connectivity index (χ4v) is 1.25. The van der Waals surface area contributed by atoms with E-state index in [2.05, 4.69) is 0 Å². The number of aromatic nitrogens is 1. The topological polar surface area (TPSA) is 20.9 Å². The van der Waals surface area contributed by atoms with E-state index in [1.54, 1.807) is 0 Å². The molecule has 1 aromatic rings. The van der Waals surface area contributed by atoms with Crippen LogP contribution in [0, 0.1) is 5.92 Å². The van der Waals surface area contributed by atoms with E-state index >= 15 is 0 Å². The molecule has 0 amide bonds. The van der Waals surface area contributed by atoms with Gasteiger partial charge in [0.1, 0.15) is 0 Å². The summed E-state index contributed by atoms with van der Waals surface area (Å²) in [6.45, 7) is 0.547. The van der Waals surface area contributed by atoms with Crippen molar-refractivity contribution >= 4 is 5.78 Å². The Bertz CT molecular complexity index is 282. The first kappa shape index (κ1) is 10.4. The van der Waals surface area contributed by atoms with Crippen LogP contribution < -0.4 is 21.5 Å². The van der Waals surface area contributed by atoms with Crippen LogP contribution in [0.5, 0.6) is 0 Å². The van der Waals surface area contributed by atoms with Gasteiger partial charge in [-0.05, 0) is 12.8 Å². The van der Waals surface area contributed by atoms with Gasteiger partial charge in [0.05, 0.1) is 0 Å². The van der Waals surface area contributed by atoms with E-state index < -0.39 is 0 Å². The van der Waals surface area contributed by atoms with E-state index in [0.717, 1.165) is 12.8 Å². The number of halogens is 1. The number of rotatable bonds is 3. The molecule has 0 saturated heterocycles. The van der Waals surface area contributed by atoms with Gasteiger partial charge in [-0.1, -0.05) is 6.07 Å². The maximum atomic E-state index is 11.4. The largest absolute Gasteiger partial charge is 1.00 e. The van der Waals surface area contributed by atoms with Gasteiger partial charge in [-0.2, -0.15) is 4.57 Å². The van der Waals surface area contributed by atoms with Crippen molar-refractivity contribution in [3.8, 4) is 0 Å². The van der Waals surface area contributed by atoms with Crippen molar-refractivity contribution in [1.29, 1.82) is 0 Å². The van der Waals surface area contributed by atoms with Crippen LogP contribution in [-0.4, -0.2) is 5.78 Å². The molecule has 0 aliphatic heterocycles. The van der Waals surface area contributed by atoms with Gasteiger partial charge < -0.3 is 17.0 Å². The van der Waals surface area contributed by atoms with Gasteiger partial charge in [0.2, 0.25) is 6.54 Å². The maximum absolute atomic E-state index is 11.4. The van der Waals surface area contributed by atoms with E-state index in [9.17, 15) is 4.79 Å². The summed E-state index contributed by atoms with van der Waals surface area (Å²) in [7, 11) is 0. The molecular weight excluding hydrogens is 230 g/mol. The number of hydrogen-bond donors (Lipinski definition) is 0. The van der Waals surface area contributed by atoms with Crippen LogP contribution in [0.15, 0.2) is 30.6 Å². The molecule has 0 radical (unpaired) electrons. The summed E-state index contributed by atoms with van der Waals surface area (Å²) in [6.07, 6.45) is 6.07. The summed E-state index contributed by atoms with van der Waals surface area (Å²) in [4.78, 5) is 11.4. The minimum Gasteiger partial charge on any atom is -1.00 e. The van der Waals surface area contributed by atoms with E-state index in [1.165, 1.54) is 0 Å². The first-order valence-corrected chi connectivity index (χ1v) is 4.33. The lowest BCUT2D eigenvalue weighted by molar-refractivity contribution is -0.684. The summed E-state index contributed by atoms with van der Waals surface area (Å²) in [5, 5.41) is 0. The molecule has 0 unspecified atom stereocenters. The highest BCUT2D eigenvalue weighted by Crippen LogP contribution is 2.29. The number of hydrogen-bond acceptors (Lipinski definition) is 1. The molecule has 13 heavy (non-hydrogen) atoms. The fraction of sp³-hybridized carbons (Fsp3) is 0.400. The standard InChI is InChI=1S/C10H12NO.BrH/c12-10(9-4-5-9)8-11-6-2-1-3-7-11;/h1-3,6-7,9H,4-5,8H2;1H/q+1;/p-1. The Kier molecular flexibility index (Phi) is 3.60. The number of ketones is 1. The normalized spacial score (nSPS) is 14.8. The van der Waals surface area contributed by atoms with Crippen molar-refractivity contribution < 1.29 is 26.3 Å². The Labute approximate surface area is 88.4 Å². The predicted molar refractivity (Wildman–Crippen MR) is 44.4 cm³/mol. The van der Waals surface area contributed by atoms with E-state index in [0.29, 0.717) is 18.2 Å². The first-order valence-electron chi connectivity index (χ1n) is 4.33. The molecular formula is C10H12BrNO. The lowest BCUT2D eigenvalue weighted by Gasteiger charge is -1.92. The number of Topliss-reactive ketones (excluding diaryl/α,β-unsaturated/α-hetero) is 1. The molecule has 1 aliphatic carbocycles. The second-order valence-electron chi connectivity index (χ2n) is 3.29. The number of carbonyl (C=O) groups excluding carboxylic acids is 1. The molecule has 0 N–H and O–H groups in total. The van der Waals surface area contributed by atoms with Gasteiger partial charge in [-0.15, -0.1) is 0 Å². The Balaban J connectivity index is 0.000000845. The van der Waals surface area contributed by atoms with Crippen LogP contribution in [-0.2, 0) is 11.3 Å². The zero-order valence-electron chi connectivity index (χ0n) is 7.32. The highest BCUT2D eigenvalue weighted by Gasteiger charge is 2.31. The third-order valence-corrected chi connectivity index (χ3v) is 2.15. The molecule has 2 rings (SSSR count). The third kappa shape index (κ3) is 2.92. The van der Waals surface area contributed by atoms with Crippen LogP contribution >= 0.6 is 0 Å². The zero-order chi connectivity index (χ0) is 8.39. The van der Waals surface area contributed by atoms with Crippen LogP contribution in [0.3, 0.4) is 0 Å². The number of carbonyl (C=O) groups is 1. The van der Waals surface area contributed by atoms with Crippen molar-refractivity contribution in [2.75, 3.05) is 0 Å². The highest BCUT2D eigenvalue weighted by molar-refractivity contribution is 5.81. The summed E-state index contributed by atoms with van der Waals surface area (Å²) in [6, 6.07) is 5.85. The fourth-order valence-electron chi connectivity index (χ4n) is 1.25. The zero-order valence-corrected chi connectivity index (χ0v) is 8.90. The lowest BCUT2D eigenvalue weighted by atomic mass is 10.2. The molecule has 1 heterocycles. The van der Waals surface area contributed by atoms with E-state index in [4.69, 9.17) is 0 Å². The monoisotopic (exact) mass is 241 g/mol. The smallest absolute Gasteiger partial charge is 0.206 e.